The van der Waals surface area contributed by atoms with Crippen molar-refractivity contribution in [2.24, 2.45) is 0 Å². The monoisotopic (exact) mass is 397 g/mol. The number of hydrogen-bond donors (Lipinski definition) is 2. The molecule has 8 heteroatoms. The van der Waals surface area contributed by atoms with Crippen LogP contribution in [-0.2, 0) is 13.0 Å². The molecule has 3 N–H and O–H groups in total. The maximum absolute atomic E-state index is 5.92. The van der Waals surface area contributed by atoms with Crippen LogP contribution in [0.1, 0.15) is 16.8 Å². The molecule has 0 amide bonds. The van der Waals surface area contributed by atoms with Crippen LogP contribution in [0.3, 0.4) is 0 Å². The quantitative estimate of drug-likeness (QED) is 0.454. The number of fused-ring (bicyclic) bond motifs is 1. The van der Waals surface area contributed by atoms with Crippen LogP contribution in [0, 0.1) is 0 Å². The molecule has 2 aromatic carbocycles. The second kappa shape index (κ2) is 7.67. The molecule has 0 aliphatic carbocycles. The Hall–Kier alpha value is -4.20. The number of nitrogen functional groups attached to an aromatic ring is 1. The van der Waals surface area contributed by atoms with Crippen LogP contribution in [0.15, 0.2) is 72.9 Å². The van der Waals surface area contributed by atoms with Gasteiger partial charge in [0.1, 0.15) is 22.8 Å². The van der Waals surface area contributed by atoms with E-state index in [-0.39, 0.29) is 0 Å². The second-order valence-electron chi connectivity index (χ2n) is 6.95. The fraction of sp³-hybridized carbons (Fsp3) is 0.0909. The van der Waals surface area contributed by atoms with Gasteiger partial charge in [-0.15, -0.1) is 5.10 Å². The van der Waals surface area contributed by atoms with E-state index < -0.39 is 0 Å². The molecule has 0 atom stereocenters. The first-order valence-electron chi connectivity index (χ1n) is 9.53. The van der Waals surface area contributed by atoms with E-state index in [2.05, 4.69) is 26.5 Å². The van der Waals surface area contributed by atoms with Crippen LogP contribution < -0.4 is 10.5 Å². The standard InChI is InChI=1S/C22H19N7O/c23-20-13-16(21-22(24-20)26-28-25-21)12-17-9-10-29(27-17)14-15-5-4-8-19(11-15)30-18-6-2-1-3-7-18/h1-11,13H,12,14H2,(H3,23,24,25,26,28). The third-order valence-electron chi connectivity index (χ3n) is 4.68. The zero-order chi connectivity index (χ0) is 20.3. The number of aromatic amines is 1. The van der Waals surface area contributed by atoms with E-state index in [1.54, 1.807) is 0 Å². The number of aromatic nitrogens is 6. The molecule has 0 bridgehead atoms. The molecule has 30 heavy (non-hydrogen) atoms. The number of nitrogens with zero attached hydrogens (tertiary/aromatic N) is 5. The molecule has 0 aliphatic heterocycles. The number of nitrogens with one attached hydrogen (secondary N) is 1. The van der Waals surface area contributed by atoms with E-state index in [1.807, 2.05) is 71.5 Å². The number of ether oxygens (including phenoxy) is 1. The molecule has 5 aromatic rings. The minimum atomic E-state index is 0.418. The van der Waals surface area contributed by atoms with Crippen molar-refractivity contribution in [1.82, 2.24) is 30.2 Å². The second-order valence-corrected chi connectivity index (χ2v) is 6.95. The van der Waals surface area contributed by atoms with Crippen LogP contribution in [0.4, 0.5) is 5.82 Å². The molecular formula is C22H19N7O. The molecule has 3 aromatic heterocycles. The SMILES string of the molecule is Nc1cc(Cc2ccn(Cc3cccc(Oc4ccccc4)c3)n2)c2n[nH]nc2n1. The summed E-state index contributed by atoms with van der Waals surface area (Å²) in [6, 6.07) is 21.6. The summed E-state index contributed by atoms with van der Waals surface area (Å²) < 4.78 is 7.83. The Morgan fingerprint density at radius 2 is 1.80 bits per heavy atom. The van der Waals surface area contributed by atoms with Gasteiger partial charge in [0.2, 0.25) is 5.65 Å². The fourth-order valence-electron chi connectivity index (χ4n) is 3.36. The Balaban J connectivity index is 1.31. The number of nitrogens with two attached hydrogens (primary N) is 1. The highest BCUT2D eigenvalue weighted by molar-refractivity contribution is 5.75. The summed E-state index contributed by atoms with van der Waals surface area (Å²) in [5.74, 6) is 2.03. The molecule has 148 valence electrons. The van der Waals surface area contributed by atoms with Crippen LogP contribution >= 0.6 is 0 Å². The molecule has 5 rings (SSSR count). The van der Waals surface area contributed by atoms with Crippen LogP contribution in [0.2, 0.25) is 0 Å². The minimum Gasteiger partial charge on any atom is -0.457 e. The molecule has 0 spiro atoms. The van der Waals surface area contributed by atoms with Crippen molar-refractivity contribution in [3.63, 3.8) is 0 Å². The number of benzene rings is 2. The van der Waals surface area contributed by atoms with Gasteiger partial charge in [0.05, 0.1) is 12.2 Å². The van der Waals surface area contributed by atoms with Crippen molar-refractivity contribution in [1.29, 1.82) is 0 Å². The lowest BCUT2D eigenvalue weighted by atomic mass is 10.1. The van der Waals surface area contributed by atoms with Gasteiger partial charge < -0.3 is 10.5 Å². The number of H-pyrrole nitrogens is 1. The Morgan fingerprint density at radius 3 is 2.70 bits per heavy atom. The maximum atomic E-state index is 5.92. The predicted molar refractivity (Wildman–Crippen MR) is 113 cm³/mol. The summed E-state index contributed by atoms with van der Waals surface area (Å²) >= 11 is 0. The number of hydrogen-bond acceptors (Lipinski definition) is 6. The third kappa shape index (κ3) is 3.83. The van der Waals surface area contributed by atoms with Crippen molar-refractivity contribution >= 4 is 17.0 Å². The highest BCUT2D eigenvalue weighted by atomic mass is 16.5. The van der Waals surface area contributed by atoms with Crippen molar-refractivity contribution in [3.05, 3.63) is 89.7 Å². The minimum absolute atomic E-state index is 0.418. The van der Waals surface area contributed by atoms with Crippen molar-refractivity contribution < 1.29 is 4.74 Å². The molecule has 0 saturated heterocycles. The largest absolute Gasteiger partial charge is 0.457 e. The molecule has 0 saturated carbocycles. The van der Waals surface area contributed by atoms with E-state index in [4.69, 9.17) is 15.6 Å². The first-order chi connectivity index (χ1) is 14.7. The number of para-hydroxylation sites is 1. The van der Waals surface area contributed by atoms with Gasteiger partial charge in [-0.3, -0.25) is 4.68 Å². The van der Waals surface area contributed by atoms with Gasteiger partial charge in [-0.2, -0.15) is 15.4 Å². The third-order valence-corrected chi connectivity index (χ3v) is 4.68. The lowest BCUT2D eigenvalue weighted by Crippen LogP contribution is -2.02. The molecule has 3 heterocycles. The van der Waals surface area contributed by atoms with Gasteiger partial charge >= 0.3 is 0 Å². The van der Waals surface area contributed by atoms with Gasteiger partial charge in [-0.05, 0) is 47.5 Å². The summed E-state index contributed by atoms with van der Waals surface area (Å²) in [6.07, 6.45) is 2.56. The summed E-state index contributed by atoms with van der Waals surface area (Å²) in [4.78, 5) is 4.17. The fourth-order valence-corrected chi connectivity index (χ4v) is 3.36. The van der Waals surface area contributed by atoms with Gasteiger partial charge in [0.15, 0.2) is 0 Å². The number of anilines is 1. The smallest absolute Gasteiger partial charge is 0.203 e. The molecule has 0 fully saturated rings. The molecule has 0 radical (unpaired) electrons. The summed E-state index contributed by atoms with van der Waals surface area (Å²) in [5, 5.41) is 15.5. The zero-order valence-corrected chi connectivity index (χ0v) is 16.1. The average Bonchev–Trinajstić information content (AvgIpc) is 3.38. The van der Waals surface area contributed by atoms with E-state index in [9.17, 15) is 0 Å². The zero-order valence-electron chi connectivity index (χ0n) is 16.1. The molecule has 0 aliphatic rings. The lowest BCUT2D eigenvalue weighted by molar-refractivity contribution is 0.481. The number of pyridine rings is 1. The highest BCUT2D eigenvalue weighted by Crippen LogP contribution is 2.22. The summed E-state index contributed by atoms with van der Waals surface area (Å²) in [5.41, 5.74) is 10.1. The van der Waals surface area contributed by atoms with Gasteiger partial charge in [0.25, 0.3) is 0 Å². The van der Waals surface area contributed by atoms with Crippen molar-refractivity contribution in [2.75, 3.05) is 5.73 Å². The van der Waals surface area contributed by atoms with Crippen LogP contribution in [0.5, 0.6) is 11.5 Å². The van der Waals surface area contributed by atoms with Gasteiger partial charge in [-0.1, -0.05) is 30.3 Å². The van der Waals surface area contributed by atoms with E-state index in [0.717, 1.165) is 28.3 Å². The number of rotatable bonds is 6. The molecule has 0 unspecified atom stereocenters. The van der Waals surface area contributed by atoms with E-state index >= 15 is 0 Å². The van der Waals surface area contributed by atoms with Crippen molar-refractivity contribution in [3.8, 4) is 11.5 Å². The first-order valence-corrected chi connectivity index (χ1v) is 9.53. The highest BCUT2D eigenvalue weighted by Gasteiger charge is 2.11. The summed E-state index contributed by atoms with van der Waals surface area (Å²) in [6.45, 7) is 0.643. The first kappa shape index (κ1) is 17.9. The Bertz CT molecular complexity index is 1290. The maximum Gasteiger partial charge on any atom is 0.203 e. The van der Waals surface area contributed by atoms with Crippen molar-refractivity contribution in [2.45, 2.75) is 13.0 Å². The predicted octanol–water partition coefficient (Wildman–Crippen LogP) is 3.56. The Kier molecular flexibility index (Phi) is 4.57. The summed E-state index contributed by atoms with van der Waals surface area (Å²) in [7, 11) is 0. The van der Waals surface area contributed by atoms with Crippen LogP contribution in [-0.4, -0.2) is 30.2 Å². The van der Waals surface area contributed by atoms with Gasteiger partial charge in [-0.25, -0.2) is 4.98 Å². The Labute approximate surface area is 172 Å². The molecule has 8 nitrogen and oxygen atoms in total. The Morgan fingerprint density at radius 1 is 0.933 bits per heavy atom. The topological polar surface area (TPSA) is 108 Å². The average molecular weight is 397 g/mol. The van der Waals surface area contributed by atoms with E-state index in [0.29, 0.717) is 29.9 Å². The van der Waals surface area contributed by atoms with E-state index in [1.165, 1.54) is 0 Å². The van der Waals surface area contributed by atoms with Crippen LogP contribution in [0.25, 0.3) is 11.2 Å². The lowest BCUT2D eigenvalue weighted by Gasteiger charge is -2.08. The molecular weight excluding hydrogens is 378 g/mol. The van der Waals surface area contributed by atoms with Gasteiger partial charge in [0, 0.05) is 12.6 Å². The normalized spacial score (nSPS) is 11.1.